The second-order valence-electron chi connectivity index (χ2n) is 5.52. The van der Waals surface area contributed by atoms with Gasteiger partial charge in [0, 0.05) is 18.2 Å². The molecular weight excluding hydrogens is 254 g/mol. The lowest BCUT2D eigenvalue weighted by Gasteiger charge is -2.35. The van der Waals surface area contributed by atoms with Crippen LogP contribution in [0.1, 0.15) is 36.8 Å². The summed E-state index contributed by atoms with van der Waals surface area (Å²) < 4.78 is 0. The molecule has 0 radical (unpaired) electrons. The van der Waals surface area contributed by atoms with Gasteiger partial charge in [-0.2, -0.15) is 0 Å². The lowest BCUT2D eigenvalue weighted by molar-refractivity contribution is 0.0288. The molecule has 20 heavy (non-hydrogen) atoms. The SMILES string of the molecule is CN(Cc1cccc(/C(N)=N/O)c1)C1CCCCC1O. The zero-order valence-corrected chi connectivity index (χ0v) is 11.9. The van der Waals surface area contributed by atoms with E-state index >= 15 is 0 Å². The third kappa shape index (κ3) is 3.49. The number of oxime groups is 1. The maximum Gasteiger partial charge on any atom is 0.170 e. The van der Waals surface area contributed by atoms with Crippen LogP contribution in [0, 0.1) is 0 Å². The third-order valence-corrected chi connectivity index (χ3v) is 4.02. The Bertz CT molecular complexity index is 476. The summed E-state index contributed by atoms with van der Waals surface area (Å²) in [5.74, 6) is 0.118. The Labute approximate surface area is 119 Å². The average molecular weight is 277 g/mol. The average Bonchev–Trinajstić information content (AvgIpc) is 2.47. The fourth-order valence-corrected chi connectivity index (χ4v) is 2.90. The van der Waals surface area contributed by atoms with Gasteiger partial charge in [-0.3, -0.25) is 4.90 Å². The van der Waals surface area contributed by atoms with Gasteiger partial charge in [-0.1, -0.05) is 36.2 Å². The number of hydrogen-bond acceptors (Lipinski definition) is 4. The van der Waals surface area contributed by atoms with Crippen LogP contribution >= 0.6 is 0 Å². The number of nitrogens with two attached hydrogens (primary N) is 1. The smallest absolute Gasteiger partial charge is 0.170 e. The first-order valence-corrected chi connectivity index (χ1v) is 7.07. The van der Waals surface area contributed by atoms with E-state index < -0.39 is 0 Å². The Morgan fingerprint density at radius 2 is 2.15 bits per heavy atom. The minimum atomic E-state index is -0.235. The molecule has 1 saturated carbocycles. The molecule has 0 aliphatic heterocycles. The molecule has 5 heteroatoms. The molecule has 0 bridgehead atoms. The van der Waals surface area contributed by atoms with Crippen LogP contribution in [0.5, 0.6) is 0 Å². The van der Waals surface area contributed by atoms with Gasteiger partial charge >= 0.3 is 0 Å². The van der Waals surface area contributed by atoms with Crippen molar-refractivity contribution in [2.24, 2.45) is 10.9 Å². The molecule has 1 aliphatic carbocycles. The molecule has 2 rings (SSSR count). The van der Waals surface area contributed by atoms with E-state index in [1.165, 1.54) is 6.42 Å². The van der Waals surface area contributed by atoms with Crippen molar-refractivity contribution in [3.05, 3.63) is 35.4 Å². The fraction of sp³-hybridized carbons (Fsp3) is 0.533. The van der Waals surface area contributed by atoms with Gasteiger partial charge in [0.15, 0.2) is 5.84 Å². The van der Waals surface area contributed by atoms with E-state index in [-0.39, 0.29) is 18.0 Å². The minimum Gasteiger partial charge on any atom is -0.409 e. The topological polar surface area (TPSA) is 82.1 Å². The first-order valence-electron chi connectivity index (χ1n) is 7.07. The Balaban J connectivity index is 2.05. The van der Waals surface area contributed by atoms with E-state index in [4.69, 9.17) is 10.9 Å². The van der Waals surface area contributed by atoms with Crippen LogP contribution in [0.15, 0.2) is 29.4 Å². The largest absolute Gasteiger partial charge is 0.409 e. The molecule has 1 aliphatic rings. The van der Waals surface area contributed by atoms with E-state index in [9.17, 15) is 5.11 Å². The standard InChI is InChI=1S/C15H23N3O2/c1-18(13-7-2-3-8-14(13)19)10-11-5-4-6-12(9-11)15(16)17-20/h4-6,9,13-14,19-20H,2-3,7-8,10H2,1H3,(H2,16,17). The summed E-state index contributed by atoms with van der Waals surface area (Å²) in [6.45, 7) is 0.744. The molecule has 0 spiro atoms. The van der Waals surface area contributed by atoms with Crippen LogP contribution in [-0.2, 0) is 6.54 Å². The molecule has 0 aromatic heterocycles. The lowest BCUT2D eigenvalue weighted by atomic mass is 9.91. The molecule has 110 valence electrons. The highest BCUT2D eigenvalue weighted by molar-refractivity contribution is 5.97. The predicted octanol–water partition coefficient (Wildman–Crippen LogP) is 1.52. The molecule has 1 aromatic carbocycles. The van der Waals surface area contributed by atoms with Crippen molar-refractivity contribution >= 4 is 5.84 Å². The molecule has 0 amide bonds. The van der Waals surface area contributed by atoms with Crippen LogP contribution in [0.25, 0.3) is 0 Å². The summed E-state index contributed by atoms with van der Waals surface area (Å²) in [5, 5.41) is 21.8. The summed E-state index contributed by atoms with van der Waals surface area (Å²) in [7, 11) is 2.04. The maximum absolute atomic E-state index is 10.1. The summed E-state index contributed by atoms with van der Waals surface area (Å²) >= 11 is 0. The lowest BCUT2D eigenvalue weighted by Crippen LogP contribution is -2.42. The fourth-order valence-electron chi connectivity index (χ4n) is 2.90. The number of likely N-dealkylation sites (N-methyl/N-ethyl adjacent to an activating group) is 1. The van der Waals surface area contributed by atoms with Crippen molar-refractivity contribution in [1.29, 1.82) is 0 Å². The number of aliphatic hydroxyl groups is 1. The quantitative estimate of drug-likeness (QED) is 0.337. The van der Waals surface area contributed by atoms with Crippen molar-refractivity contribution in [3.63, 3.8) is 0 Å². The second kappa shape index (κ2) is 6.72. The maximum atomic E-state index is 10.1. The molecule has 1 aromatic rings. The number of amidine groups is 1. The van der Waals surface area contributed by atoms with Gasteiger partial charge in [0.05, 0.1) is 6.10 Å². The van der Waals surface area contributed by atoms with E-state index in [1.54, 1.807) is 0 Å². The Kier molecular flexibility index (Phi) is 4.98. The Morgan fingerprint density at radius 3 is 2.85 bits per heavy atom. The van der Waals surface area contributed by atoms with E-state index in [2.05, 4.69) is 10.1 Å². The molecule has 0 saturated heterocycles. The highest BCUT2D eigenvalue weighted by atomic mass is 16.4. The monoisotopic (exact) mass is 277 g/mol. The number of benzene rings is 1. The van der Waals surface area contributed by atoms with E-state index in [0.717, 1.165) is 31.4 Å². The minimum absolute atomic E-state index is 0.118. The highest BCUT2D eigenvalue weighted by Gasteiger charge is 2.26. The van der Waals surface area contributed by atoms with Gasteiger partial charge in [0.2, 0.25) is 0 Å². The zero-order valence-electron chi connectivity index (χ0n) is 11.9. The van der Waals surface area contributed by atoms with Crippen molar-refractivity contribution in [3.8, 4) is 0 Å². The number of rotatable bonds is 4. The van der Waals surface area contributed by atoms with Gasteiger partial charge in [0.1, 0.15) is 0 Å². The van der Waals surface area contributed by atoms with Crippen molar-refractivity contribution in [2.75, 3.05) is 7.05 Å². The summed E-state index contributed by atoms with van der Waals surface area (Å²) in [4.78, 5) is 2.19. The van der Waals surface area contributed by atoms with E-state index in [0.29, 0.717) is 5.56 Å². The van der Waals surface area contributed by atoms with Crippen LogP contribution in [0.3, 0.4) is 0 Å². The summed E-state index contributed by atoms with van der Waals surface area (Å²) in [6, 6.07) is 7.86. The Morgan fingerprint density at radius 1 is 1.40 bits per heavy atom. The molecule has 4 N–H and O–H groups in total. The summed E-state index contributed by atoms with van der Waals surface area (Å²) in [6.07, 6.45) is 3.98. The first kappa shape index (κ1) is 14.8. The van der Waals surface area contributed by atoms with Crippen molar-refractivity contribution < 1.29 is 10.3 Å². The highest BCUT2D eigenvalue weighted by Crippen LogP contribution is 2.23. The zero-order chi connectivity index (χ0) is 14.5. The molecule has 0 heterocycles. The normalized spacial score (nSPS) is 24.1. The second-order valence-corrected chi connectivity index (χ2v) is 5.52. The van der Waals surface area contributed by atoms with Crippen LogP contribution in [0.4, 0.5) is 0 Å². The predicted molar refractivity (Wildman–Crippen MR) is 78.7 cm³/mol. The third-order valence-electron chi connectivity index (χ3n) is 4.02. The molecule has 2 atom stereocenters. The molecule has 5 nitrogen and oxygen atoms in total. The summed E-state index contributed by atoms with van der Waals surface area (Å²) in [5.41, 5.74) is 7.41. The first-order chi connectivity index (χ1) is 9.61. The van der Waals surface area contributed by atoms with Gasteiger partial charge in [-0.25, -0.2) is 0 Å². The number of hydrogen-bond donors (Lipinski definition) is 3. The van der Waals surface area contributed by atoms with Gasteiger partial charge in [0.25, 0.3) is 0 Å². The van der Waals surface area contributed by atoms with Crippen LogP contribution in [0.2, 0.25) is 0 Å². The van der Waals surface area contributed by atoms with Gasteiger partial charge in [-0.15, -0.1) is 0 Å². The van der Waals surface area contributed by atoms with Crippen LogP contribution < -0.4 is 5.73 Å². The number of nitrogens with zero attached hydrogens (tertiary/aromatic N) is 2. The van der Waals surface area contributed by atoms with Crippen molar-refractivity contribution in [1.82, 2.24) is 4.90 Å². The Hall–Kier alpha value is -1.59. The number of aliphatic hydroxyl groups excluding tert-OH is 1. The molecule has 1 fully saturated rings. The molecular formula is C15H23N3O2. The van der Waals surface area contributed by atoms with Crippen LogP contribution in [-0.4, -0.2) is 40.2 Å². The van der Waals surface area contributed by atoms with Crippen molar-refractivity contribution in [2.45, 2.75) is 44.4 Å². The van der Waals surface area contributed by atoms with Gasteiger partial charge < -0.3 is 16.0 Å². The molecule has 2 unspecified atom stereocenters. The van der Waals surface area contributed by atoms with E-state index in [1.807, 2.05) is 31.3 Å². The van der Waals surface area contributed by atoms with Gasteiger partial charge in [-0.05, 0) is 31.5 Å².